The lowest BCUT2D eigenvalue weighted by atomic mass is 9.70. The quantitative estimate of drug-likeness (QED) is 0.0455. The van der Waals surface area contributed by atoms with Crippen molar-refractivity contribution in [3.63, 3.8) is 0 Å². The maximum atomic E-state index is 11.7. The third-order valence-corrected chi connectivity index (χ3v) is 12.3. The van der Waals surface area contributed by atoms with Crippen molar-refractivity contribution in [1.29, 1.82) is 0 Å². The zero-order chi connectivity index (χ0) is 42.8. The average molecular weight is 859 g/mol. The van der Waals surface area contributed by atoms with Gasteiger partial charge in [0.1, 0.15) is 67.1 Å². The van der Waals surface area contributed by atoms with E-state index in [0.29, 0.717) is 39.0 Å². The van der Waals surface area contributed by atoms with E-state index in [1.807, 2.05) is 0 Å². The molecule has 4 saturated heterocycles. The molecule has 0 spiro atoms. The molecule has 59 heavy (non-hydrogen) atoms. The third kappa shape index (κ3) is 12.7. The van der Waals surface area contributed by atoms with Crippen molar-refractivity contribution in [2.24, 2.45) is 17.6 Å². The molecule has 5 fully saturated rings. The largest absolute Gasteiger partial charge is 0.394 e. The van der Waals surface area contributed by atoms with E-state index in [4.69, 9.17) is 43.6 Å². The molecular formula is C38H70N2O19. The van der Waals surface area contributed by atoms with Gasteiger partial charge >= 0.3 is 0 Å². The number of rotatable bonds is 22. The molecule has 0 bridgehead atoms. The molecule has 346 valence electrons. The Bertz CT molecular complexity index is 1200. The molecule has 21 nitrogen and oxygen atoms in total. The van der Waals surface area contributed by atoms with Gasteiger partial charge in [0.05, 0.1) is 51.3 Å². The number of hydrogen-bond donors (Lipinski definition) is 12. The van der Waals surface area contributed by atoms with Crippen molar-refractivity contribution in [2.75, 3.05) is 59.2 Å². The van der Waals surface area contributed by atoms with E-state index in [1.165, 1.54) is 0 Å². The summed E-state index contributed by atoms with van der Waals surface area (Å²) < 4.78 is 47.0. The molecule has 5 rings (SSSR count). The number of hydrogen-bond acceptors (Lipinski definition) is 21. The van der Waals surface area contributed by atoms with E-state index in [9.17, 15) is 56.2 Å². The first-order valence-corrected chi connectivity index (χ1v) is 21.2. The highest BCUT2D eigenvalue weighted by molar-refractivity contribution is 4.97. The monoisotopic (exact) mass is 858 g/mol. The Labute approximate surface area is 344 Å². The van der Waals surface area contributed by atoms with Gasteiger partial charge in [0.2, 0.25) is 0 Å². The molecule has 0 aromatic carbocycles. The summed E-state index contributed by atoms with van der Waals surface area (Å²) in [4.78, 5) is 2.06. The lowest BCUT2D eigenvalue weighted by molar-refractivity contribution is -0.365. The molecule has 0 radical (unpaired) electrons. The molecule has 1 saturated carbocycles. The first-order chi connectivity index (χ1) is 28.3. The molecule has 13 N–H and O–H groups in total. The lowest BCUT2D eigenvalue weighted by Crippen LogP contribution is -2.65. The van der Waals surface area contributed by atoms with Crippen LogP contribution in [0.15, 0.2) is 0 Å². The van der Waals surface area contributed by atoms with Crippen LogP contribution in [0.3, 0.4) is 0 Å². The second-order valence-electron chi connectivity index (χ2n) is 16.5. The first-order valence-electron chi connectivity index (χ1n) is 21.2. The Balaban J connectivity index is 1.27. The fourth-order valence-electron chi connectivity index (χ4n) is 8.30. The maximum Gasteiger partial charge on any atom is 0.186 e. The molecule has 4 heterocycles. The van der Waals surface area contributed by atoms with Gasteiger partial charge in [-0.05, 0) is 51.6 Å². The van der Waals surface area contributed by atoms with E-state index >= 15 is 0 Å². The van der Waals surface area contributed by atoms with E-state index in [-0.39, 0.29) is 25.6 Å². The summed E-state index contributed by atoms with van der Waals surface area (Å²) in [6.45, 7) is 2.03. The molecule has 19 atom stereocenters. The first kappa shape index (κ1) is 49.2. The van der Waals surface area contributed by atoms with Crippen LogP contribution >= 0.6 is 0 Å². The standard InChI is InChI=1S/C38H70N2O19/c1-19-21(43)15-22(44)35(55-19)52-13-11-40(10-5-3-2-4-9-39)12-14-53-38-33(51)34(59-36-26(20-7-6-8-20)30(48)27(45)23(16-41)56-36)29(47)25(58-38)18-54-37-32(50)31(49)28(46)24(17-42)57-37/h19-38,41-51H,2-18,39H2,1H3/t19-,21-,22?,23?,24?,25?,26?,27+,28+,29+,30?,31?,32?,33?,34?,35-,36+,37-,38-/m0/s1. The van der Waals surface area contributed by atoms with Gasteiger partial charge in [-0.25, -0.2) is 0 Å². The van der Waals surface area contributed by atoms with E-state index in [0.717, 1.165) is 32.1 Å². The van der Waals surface area contributed by atoms with Crippen LogP contribution in [0.1, 0.15) is 58.3 Å². The Hall–Kier alpha value is -0.840. The number of nitrogens with two attached hydrogens (primary N) is 1. The van der Waals surface area contributed by atoms with Crippen molar-refractivity contribution in [2.45, 2.75) is 169 Å². The molecule has 4 aliphatic heterocycles. The Kier molecular flexibility index (Phi) is 19.8. The van der Waals surface area contributed by atoms with Crippen molar-refractivity contribution in [3.8, 4) is 0 Å². The molecule has 10 unspecified atom stereocenters. The number of ether oxygens (including phenoxy) is 8. The normalized spacial score (nSPS) is 43.5. The van der Waals surface area contributed by atoms with Gasteiger partial charge in [0, 0.05) is 25.4 Å². The average Bonchev–Trinajstić information content (AvgIpc) is 3.19. The van der Waals surface area contributed by atoms with Crippen LogP contribution in [-0.4, -0.2) is 231 Å². The Morgan fingerprint density at radius 3 is 1.80 bits per heavy atom. The van der Waals surface area contributed by atoms with Gasteiger partial charge in [0.15, 0.2) is 25.2 Å². The topological polar surface area (TPSA) is 326 Å². The zero-order valence-corrected chi connectivity index (χ0v) is 33.8. The predicted molar refractivity (Wildman–Crippen MR) is 201 cm³/mol. The number of unbranched alkanes of at least 4 members (excludes halogenated alkanes) is 3. The van der Waals surface area contributed by atoms with E-state index in [2.05, 4.69) is 4.90 Å². The van der Waals surface area contributed by atoms with Gasteiger partial charge in [-0.3, -0.25) is 4.90 Å². The van der Waals surface area contributed by atoms with E-state index in [1.54, 1.807) is 6.92 Å². The highest BCUT2D eigenvalue weighted by atomic mass is 16.7. The van der Waals surface area contributed by atoms with Crippen LogP contribution in [0.4, 0.5) is 0 Å². The molecular weight excluding hydrogens is 788 g/mol. The minimum absolute atomic E-state index is 0.00152. The van der Waals surface area contributed by atoms with Crippen molar-refractivity contribution < 1.29 is 94.1 Å². The fraction of sp³-hybridized carbons (Fsp3) is 1.00. The van der Waals surface area contributed by atoms with E-state index < -0.39 is 136 Å². The highest BCUT2D eigenvalue weighted by Gasteiger charge is 2.54. The summed E-state index contributed by atoms with van der Waals surface area (Å²) in [5, 5.41) is 116. The summed E-state index contributed by atoms with van der Waals surface area (Å²) in [5.41, 5.74) is 5.66. The summed E-state index contributed by atoms with van der Waals surface area (Å²) in [5.74, 6) is -0.870. The lowest BCUT2D eigenvalue weighted by Gasteiger charge is -2.50. The van der Waals surface area contributed by atoms with Crippen molar-refractivity contribution >= 4 is 0 Å². The highest BCUT2D eigenvalue weighted by Crippen LogP contribution is 2.43. The Morgan fingerprint density at radius 1 is 0.576 bits per heavy atom. The van der Waals surface area contributed by atoms with Crippen LogP contribution in [0, 0.1) is 11.8 Å². The summed E-state index contributed by atoms with van der Waals surface area (Å²) in [6.07, 6.45) is -17.9. The smallest absolute Gasteiger partial charge is 0.186 e. The van der Waals surface area contributed by atoms with Gasteiger partial charge in [-0.2, -0.15) is 0 Å². The zero-order valence-electron chi connectivity index (χ0n) is 33.8. The maximum absolute atomic E-state index is 11.7. The SMILES string of the molecule is C[C@@H]1O[C@H](OCCN(CCCCCCN)CCO[C@H]2OC(CO[C@H]3OC(CO)[C@@H](O)C(O)C3O)[C@@H](O)C(O[C@H]3OC(CO)[C@@H](O)C(O)C3C3CCC3)C2O)C(O)C[C@@H]1O. The van der Waals surface area contributed by atoms with Crippen LogP contribution in [0.25, 0.3) is 0 Å². The molecule has 0 amide bonds. The van der Waals surface area contributed by atoms with Gasteiger partial charge in [-0.15, -0.1) is 0 Å². The van der Waals surface area contributed by atoms with Crippen molar-refractivity contribution in [1.82, 2.24) is 4.90 Å². The van der Waals surface area contributed by atoms with Crippen molar-refractivity contribution in [3.05, 3.63) is 0 Å². The number of nitrogens with zero attached hydrogens (tertiary/aromatic N) is 1. The predicted octanol–water partition coefficient (Wildman–Crippen LogP) is -4.80. The van der Waals surface area contributed by atoms with Gasteiger partial charge in [0.25, 0.3) is 0 Å². The molecule has 5 aliphatic rings. The second-order valence-corrected chi connectivity index (χ2v) is 16.5. The van der Waals surface area contributed by atoms with Gasteiger partial charge in [-0.1, -0.05) is 19.3 Å². The van der Waals surface area contributed by atoms with Gasteiger partial charge < -0.3 is 99.8 Å². The fourth-order valence-corrected chi connectivity index (χ4v) is 8.30. The summed E-state index contributed by atoms with van der Waals surface area (Å²) in [6, 6.07) is 0. The molecule has 21 heteroatoms. The number of aliphatic hydroxyl groups excluding tert-OH is 11. The van der Waals surface area contributed by atoms with Crippen LogP contribution in [0.5, 0.6) is 0 Å². The Morgan fingerprint density at radius 2 is 1.17 bits per heavy atom. The summed E-state index contributed by atoms with van der Waals surface area (Å²) >= 11 is 0. The minimum atomic E-state index is -1.74. The summed E-state index contributed by atoms with van der Waals surface area (Å²) in [7, 11) is 0. The molecule has 0 aromatic rings. The second kappa shape index (κ2) is 23.7. The minimum Gasteiger partial charge on any atom is -0.394 e. The van der Waals surface area contributed by atoms with Crippen LogP contribution in [0.2, 0.25) is 0 Å². The molecule has 0 aromatic heterocycles. The van der Waals surface area contributed by atoms with Crippen LogP contribution in [-0.2, 0) is 37.9 Å². The third-order valence-electron chi connectivity index (χ3n) is 12.3. The molecule has 1 aliphatic carbocycles. The van der Waals surface area contributed by atoms with Crippen LogP contribution < -0.4 is 5.73 Å². The number of aliphatic hydroxyl groups is 11.